The molecule has 0 aliphatic rings. The summed E-state index contributed by atoms with van der Waals surface area (Å²) in [5.74, 6) is -1.31. The summed E-state index contributed by atoms with van der Waals surface area (Å²) in [6.07, 6.45) is 0.479. The van der Waals surface area contributed by atoms with Crippen LogP contribution < -0.4 is 5.73 Å². The van der Waals surface area contributed by atoms with Crippen molar-refractivity contribution in [3.05, 3.63) is 29.3 Å². The van der Waals surface area contributed by atoms with Gasteiger partial charge in [0.05, 0.1) is 0 Å². The number of phenols is 1. The summed E-state index contributed by atoms with van der Waals surface area (Å²) in [6.45, 7) is 0.386. The summed E-state index contributed by atoms with van der Waals surface area (Å²) < 4.78 is 0. The zero-order valence-electron chi connectivity index (χ0n) is 7.03. The fourth-order valence-electron chi connectivity index (χ4n) is 1.12. The molecule has 0 aliphatic carbocycles. The summed E-state index contributed by atoms with van der Waals surface area (Å²) in [6, 6.07) is 4.61. The number of carboxylic acids is 1. The van der Waals surface area contributed by atoms with E-state index in [4.69, 9.17) is 10.8 Å². The van der Waals surface area contributed by atoms with E-state index in [1.54, 1.807) is 12.1 Å². The standard InChI is InChI=1S/C9H11NO3/c10-5-4-6-2-1-3-7(8(6)11)9(12)13/h1-3,11H,4-5,10H2,(H,12,13). The maximum absolute atomic E-state index is 10.6. The molecule has 1 aromatic carbocycles. The molecule has 4 heteroatoms. The van der Waals surface area contributed by atoms with Crippen LogP contribution in [0.1, 0.15) is 15.9 Å². The highest BCUT2D eigenvalue weighted by atomic mass is 16.4. The topological polar surface area (TPSA) is 83.6 Å². The minimum absolute atomic E-state index is 0.0778. The van der Waals surface area contributed by atoms with Crippen molar-refractivity contribution < 1.29 is 15.0 Å². The normalized spacial score (nSPS) is 9.92. The highest BCUT2D eigenvalue weighted by Gasteiger charge is 2.11. The van der Waals surface area contributed by atoms with Gasteiger partial charge >= 0.3 is 5.97 Å². The van der Waals surface area contributed by atoms with E-state index in [9.17, 15) is 9.90 Å². The largest absolute Gasteiger partial charge is 0.507 e. The van der Waals surface area contributed by atoms with Crippen molar-refractivity contribution in [1.29, 1.82) is 0 Å². The summed E-state index contributed by atoms with van der Waals surface area (Å²) in [5, 5.41) is 18.1. The van der Waals surface area contributed by atoms with Crippen molar-refractivity contribution in [3.8, 4) is 5.75 Å². The van der Waals surface area contributed by atoms with E-state index < -0.39 is 5.97 Å². The van der Waals surface area contributed by atoms with Crippen molar-refractivity contribution in [2.75, 3.05) is 6.54 Å². The summed E-state index contributed by atoms with van der Waals surface area (Å²) >= 11 is 0. The SMILES string of the molecule is NCCc1cccc(C(=O)O)c1O. The lowest BCUT2D eigenvalue weighted by Gasteiger charge is -2.04. The van der Waals surface area contributed by atoms with E-state index in [1.807, 2.05) is 0 Å². The van der Waals surface area contributed by atoms with Crippen LogP contribution in [0.5, 0.6) is 5.75 Å². The van der Waals surface area contributed by atoms with Crippen molar-refractivity contribution >= 4 is 5.97 Å². The molecular formula is C9H11NO3. The number of carbonyl (C=O) groups is 1. The second kappa shape index (κ2) is 3.91. The van der Waals surface area contributed by atoms with Crippen LogP contribution in [0.3, 0.4) is 0 Å². The van der Waals surface area contributed by atoms with Gasteiger partial charge in [-0.1, -0.05) is 12.1 Å². The number of hydrogen-bond acceptors (Lipinski definition) is 3. The van der Waals surface area contributed by atoms with Crippen LogP contribution in [0.2, 0.25) is 0 Å². The molecule has 0 saturated heterocycles. The third-order valence-corrected chi connectivity index (χ3v) is 1.76. The number of nitrogens with two attached hydrogens (primary N) is 1. The number of benzene rings is 1. The fourth-order valence-corrected chi connectivity index (χ4v) is 1.12. The molecule has 0 amide bonds. The predicted molar refractivity (Wildman–Crippen MR) is 47.8 cm³/mol. The van der Waals surface area contributed by atoms with Gasteiger partial charge in [-0.25, -0.2) is 4.79 Å². The van der Waals surface area contributed by atoms with E-state index in [1.165, 1.54) is 6.07 Å². The summed E-state index contributed by atoms with van der Waals surface area (Å²) in [7, 11) is 0. The number of aromatic hydroxyl groups is 1. The van der Waals surface area contributed by atoms with E-state index in [0.717, 1.165) is 0 Å². The molecule has 0 saturated carbocycles. The van der Waals surface area contributed by atoms with Gasteiger partial charge in [0, 0.05) is 0 Å². The molecule has 4 N–H and O–H groups in total. The number of hydrogen-bond donors (Lipinski definition) is 3. The zero-order valence-corrected chi connectivity index (χ0v) is 7.03. The Hall–Kier alpha value is -1.55. The molecule has 0 aromatic heterocycles. The highest BCUT2D eigenvalue weighted by molar-refractivity contribution is 5.91. The minimum atomic E-state index is -1.13. The Morgan fingerprint density at radius 2 is 2.15 bits per heavy atom. The molecule has 70 valence electrons. The third-order valence-electron chi connectivity index (χ3n) is 1.76. The molecule has 0 fully saturated rings. The smallest absolute Gasteiger partial charge is 0.339 e. The lowest BCUT2D eigenvalue weighted by Crippen LogP contribution is -2.05. The Morgan fingerprint density at radius 3 is 2.69 bits per heavy atom. The Balaban J connectivity index is 3.10. The Bertz CT molecular complexity index is 323. The zero-order chi connectivity index (χ0) is 9.84. The van der Waals surface area contributed by atoms with Crippen LogP contribution in [0.25, 0.3) is 0 Å². The number of para-hydroxylation sites is 1. The average Bonchev–Trinajstić information content (AvgIpc) is 2.08. The van der Waals surface area contributed by atoms with Crippen molar-refractivity contribution in [1.82, 2.24) is 0 Å². The van der Waals surface area contributed by atoms with Gasteiger partial charge in [0.1, 0.15) is 11.3 Å². The predicted octanol–water partition coefficient (Wildman–Crippen LogP) is 0.592. The van der Waals surface area contributed by atoms with E-state index in [2.05, 4.69) is 0 Å². The first kappa shape index (κ1) is 9.54. The van der Waals surface area contributed by atoms with Crippen LogP contribution >= 0.6 is 0 Å². The van der Waals surface area contributed by atoms with Gasteiger partial charge in [-0.2, -0.15) is 0 Å². The van der Waals surface area contributed by atoms with Crippen LogP contribution in [0, 0.1) is 0 Å². The number of carboxylic acid groups (broad SMARTS) is 1. The Labute approximate surface area is 75.6 Å². The molecule has 0 unspecified atom stereocenters. The molecule has 0 aliphatic heterocycles. The van der Waals surface area contributed by atoms with Crippen LogP contribution in [0.15, 0.2) is 18.2 Å². The summed E-state index contributed by atoms with van der Waals surface area (Å²) in [4.78, 5) is 10.6. The molecule has 0 spiro atoms. The molecule has 13 heavy (non-hydrogen) atoms. The lowest BCUT2D eigenvalue weighted by atomic mass is 10.1. The quantitative estimate of drug-likeness (QED) is 0.637. The van der Waals surface area contributed by atoms with Gasteiger partial charge in [-0.3, -0.25) is 0 Å². The molecule has 1 aromatic rings. The van der Waals surface area contributed by atoms with E-state index in [0.29, 0.717) is 18.5 Å². The van der Waals surface area contributed by atoms with Gasteiger partial charge in [-0.05, 0) is 24.6 Å². The maximum Gasteiger partial charge on any atom is 0.339 e. The second-order valence-corrected chi connectivity index (χ2v) is 2.66. The molecule has 0 bridgehead atoms. The molecule has 4 nitrogen and oxygen atoms in total. The molecular weight excluding hydrogens is 170 g/mol. The first-order chi connectivity index (χ1) is 6.16. The van der Waals surface area contributed by atoms with Crippen LogP contribution in [-0.4, -0.2) is 22.7 Å². The van der Waals surface area contributed by atoms with Crippen LogP contribution in [-0.2, 0) is 6.42 Å². The van der Waals surface area contributed by atoms with Gasteiger partial charge in [0.2, 0.25) is 0 Å². The second-order valence-electron chi connectivity index (χ2n) is 2.66. The molecule has 0 radical (unpaired) electrons. The van der Waals surface area contributed by atoms with Crippen molar-refractivity contribution in [3.63, 3.8) is 0 Å². The number of rotatable bonds is 3. The van der Waals surface area contributed by atoms with Gasteiger partial charge in [-0.15, -0.1) is 0 Å². The summed E-state index contributed by atoms with van der Waals surface area (Å²) in [5.41, 5.74) is 5.79. The van der Waals surface area contributed by atoms with Gasteiger partial charge in [0.15, 0.2) is 0 Å². The number of aromatic carboxylic acids is 1. The van der Waals surface area contributed by atoms with E-state index in [-0.39, 0.29) is 11.3 Å². The Kier molecular flexibility index (Phi) is 2.87. The molecule has 0 atom stereocenters. The Morgan fingerprint density at radius 1 is 1.46 bits per heavy atom. The first-order valence-electron chi connectivity index (χ1n) is 3.91. The lowest BCUT2D eigenvalue weighted by molar-refractivity contribution is 0.0693. The minimum Gasteiger partial charge on any atom is -0.507 e. The van der Waals surface area contributed by atoms with Crippen molar-refractivity contribution in [2.45, 2.75) is 6.42 Å². The maximum atomic E-state index is 10.6. The molecule has 0 heterocycles. The van der Waals surface area contributed by atoms with Gasteiger partial charge in [0.25, 0.3) is 0 Å². The molecule has 1 rings (SSSR count). The van der Waals surface area contributed by atoms with Crippen molar-refractivity contribution in [2.24, 2.45) is 5.73 Å². The fraction of sp³-hybridized carbons (Fsp3) is 0.222. The van der Waals surface area contributed by atoms with Gasteiger partial charge < -0.3 is 15.9 Å². The monoisotopic (exact) mass is 181 g/mol. The average molecular weight is 181 g/mol. The highest BCUT2D eigenvalue weighted by Crippen LogP contribution is 2.22. The van der Waals surface area contributed by atoms with E-state index >= 15 is 0 Å². The third kappa shape index (κ3) is 1.97. The first-order valence-corrected chi connectivity index (χ1v) is 3.91. The van der Waals surface area contributed by atoms with Crippen LogP contribution in [0.4, 0.5) is 0 Å².